The first kappa shape index (κ1) is 15.0. The van der Waals surface area contributed by atoms with E-state index in [1.807, 2.05) is 32.9 Å². The van der Waals surface area contributed by atoms with Crippen molar-refractivity contribution in [3.8, 4) is 5.75 Å². The summed E-state index contributed by atoms with van der Waals surface area (Å²) < 4.78 is 5.61. The smallest absolute Gasteiger partial charge is 0.119 e. The molecule has 1 aromatic rings. The van der Waals surface area contributed by atoms with E-state index in [0.717, 1.165) is 5.75 Å². The Morgan fingerprint density at radius 1 is 1.00 bits per heavy atom. The van der Waals surface area contributed by atoms with Crippen molar-refractivity contribution in [3.05, 3.63) is 29.8 Å². The van der Waals surface area contributed by atoms with Crippen LogP contribution >= 0.6 is 0 Å². The molecule has 0 saturated heterocycles. The molecule has 0 heterocycles. The second-order valence-corrected chi connectivity index (χ2v) is 6.97. The normalized spacial score (nSPS) is 14.4. The zero-order valence-corrected chi connectivity index (χ0v) is 12.4. The molecule has 0 radical (unpaired) electrons. The minimum Gasteiger partial charge on any atom is -0.491 e. The standard InChI is InChI=1S/C16H26O2/c1-15(2,3)12-7-9-13(10-8-12)18-11-14(17)16(4,5)6/h7-10,14,17H,11H2,1-6H3. The summed E-state index contributed by atoms with van der Waals surface area (Å²) in [5.74, 6) is 0.811. The van der Waals surface area contributed by atoms with Crippen LogP contribution in [-0.2, 0) is 5.41 Å². The van der Waals surface area contributed by atoms with Crippen LogP contribution < -0.4 is 4.74 Å². The zero-order valence-electron chi connectivity index (χ0n) is 12.4. The molecule has 0 aromatic heterocycles. The van der Waals surface area contributed by atoms with Gasteiger partial charge in [-0.1, -0.05) is 53.7 Å². The Bertz CT molecular complexity index is 366. The van der Waals surface area contributed by atoms with E-state index in [9.17, 15) is 5.11 Å². The zero-order chi connectivity index (χ0) is 14.0. The largest absolute Gasteiger partial charge is 0.491 e. The first-order valence-corrected chi connectivity index (χ1v) is 6.52. The molecule has 102 valence electrons. The molecular weight excluding hydrogens is 224 g/mol. The van der Waals surface area contributed by atoms with Gasteiger partial charge in [-0.2, -0.15) is 0 Å². The summed E-state index contributed by atoms with van der Waals surface area (Å²) in [6.45, 7) is 12.9. The number of aliphatic hydroxyl groups excluding tert-OH is 1. The maximum absolute atomic E-state index is 9.91. The van der Waals surface area contributed by atoms with Crippen LogP contribution in [0.4, 0.5) is 0 Å². The maximum Gasteiger partial charge on any atom is 0.119 e. The monoisotopic (exact) mass is 250 g/mol. The highest BCUT2D eigenvalue weighted by atomic mass is 16.5. The van der Waals surface area contributed by atoms with Crippen LogP contribution in [0.5, 0.6) is 5.75 Å². The predicted octanol–water partition coefficient (Wildman–Crippen LogP) is 3.77. The first-order valence-electron chi connectivity index (χ1n) is 6.52. The molecule has 0 aliphatic carbocycles. The van der Waals surface area contributed by atoms with E-state index < -0.39 is 6.10 Å². The highest BCUT2D eigenvalue weighted by molar-refractivity contribution is 5.31. The number of aliphatic hydroxyl groups is 1. The lowest BCUT2D eigenvalue weighted by Crippen LogP contribution is -2.31. The quantitative estimate of drug-likeness (QED) is 0.885. The third-order valence-electron chi connectivity index (χ3n) is 3.13. The fourth-order valence-corrected chi connectivity index (χ4v) is 1.48. The lowest BCUT2D eigenvalue weighted by molar-refractivity contribution is 0.0218. The van der Waals surface area contributed by atoms with Crippen molar-refractivity contribution in [1.82, 2.24) is 0 Å². The minimum atomic E-state index is -0.459. The number of ether oxygens (including phenoxy) is 1. The number of benzene rings is 1. The third-order valence-corrected chi connectivity index (χ3v) is 3.13. The molecule has 0 bridgehead atoms. The van der Waals surface area contributed by atoms with E-state index in [-0.39, 0.29) is 10.8 Å². The lowest BCUT2D eigenvalue weighted by Gasteiger charge is -2.26. The molecule has 1 unspecified atom stereocenters. The van der Waals surface area contributed by atoms with Crippen LogP contribution in [-0.4, -0.2) is 17.8 Å². The Kier molecular flexibility index (Phi) is 4.44. The highest BCUT2D eigenvalue weighted by Gasteiger charge is 2.22. The Hall–Kier alpha value is -1.02. The molecule has 0 spiro atoms. The molecular formula is C16H26O2. The van der Waals surface area contributed by atoms with Gasteiger partial charge in [0.15, 0.2) is 0 Å². The highest BCUT2D eigenvalue weighted by Crippen LogP contribution is 2.25. The molecule has 0 aliphatic rings. The summed E-state index contributed by atoms with van der Waals surface area (Å²) in [4.78, 5) is 0. The average Bonchev–Trinajstić information content (AvgIpc) is 2.24. The van der Waals surface area contributed by atoms with Gasteiger partial charge in [0.2, 0.25) is 0 Å². The summed E-state index contributed by atoms with van der Waals surface area (Å²) >= 11 is 0. The van der Waals surface area contributed by atoms with E-state index >= 15 is 0 Å². The lowest BCUT2D eigenvalue weighted by atomic mass is 9.87. The van der Waals surface area contributed by atoms with Crippen LogP contribution in [0.15, 0.2) is 24.3 Å². The second kappa shape index (κ2) is 5.31. The van der Waals surface area contributed by atoms with Crippen molar-refractivity contribution >= 4 is 0 Å². The van der Waals surface area contributed by atoms with Gasteiger partial charge >= 0.3 is 0 Å². The molecule has 1 atom stereocenters. The van der Waals surface area contributed by atoms with Gasteiger partial charge < -0.3 is 9.84 Å². The SMILES string of the molecule is CC(C)(C)c1ccc(OCC(O)C(C)(C)C)cc1. The Morgan fingerprint density at radius 3 is 1.89 bits per heavy atom. The van der Waals surface area contributed by atoms with E-state index in [1.165, 1.54) is 5.56 Å². The minimum absolute atomic E-state index is 0.147. The Balaban J connectivity index is 2.60. The van der Waals surface area contributed by atoms with Gasteiger partial charge in [0.1, 0.15) is 12.4 Å². The summed E-state index contributed by atoms with van der Waals surface area (Å²) in [7, 11) is 0. The fraction of sp³-hybridized carbons (Fsp3) is 0.625. The molecule has 0 saturated carbocycles. The first-order chi connectivity index (χ1) is 8.10. The maximum atomic E-state index is 9.91. The summed E-state index contributed by atoms with van der Waals surface area (Å²) in [5, 5.41) is 9.91. The summed E-state index contributed by atoms with van der Waals surface area (Å²) in [6, 6.07) is 8.10. The molecule has 1 N–H and O–H groups in total. The van der Waals surface area contributed by atoms with Gasteiger partial charge in [-0.3, -0.25) is 0 Å². The number of hydrogen-bond acceptors (Lipinski definition) is 2. The van der Waals surface area contributed by atoms with Crippen molar-refractivity contribution in [1.29, 1.82) is 0 Å². The van der Waals surface area contributed by atoms with E-state index in [1.54, 1.807) is 0 Å². The molecule has 0 amide bonds. The van der Waals surface area contributed by atoms with E-state index in [4.69, 9.17) is 4.74 Å². The van der Waals surface area contributed by atoms with Crippen molar-refractivity contribution in [2.24, 2.45) is 5.41 Å². The molecule has 18 heavy (non-hydrogen) atoms. The molecule has 0 aliphatic heterocycles. The predicted molar refractivity (Wildman–Crippen MR) is 76.1 cm³/mol. The molecule has 1 aromatic carbocycles. The van der Waals surface area contributed by atoms with Gasteiger partial charge in [-0.15, -0.1) is 0 Å². The van der Waals surface area contributed by atoms with Crippen molar-refractivity contribution < 1.29 is 9.84 Å². The van der Waals surface area contributed by atoms with Crippen LogP contribution in [0.3, 0.4) is 0 Å². The Morgan fingerprint density at radius 2 is 1.50 bits per heavy atom. The summed E-state index contributed by atoms with van der Waals surface area (Å²) in [5.41, 5.74) is 1.29. The molecule has 0 fully saturated rings. The van der Waals surface area contributed by atoms with Crippen LogP contribution in [0, 0.1) is 5.41 Å². The topological polar surface area (TPSA) is 29.5 Å². The summed E-state index contributed by atoms with van der Waals surface area (Å²) in [6.07, 6.45) is -0.459. The van der Waals surface area contributed by atoms with Crippen molar-refractivity contribution in [3.63, 3.8) is 0 Å². The third kappa shape index (κ3) is 4.34. The second-order valence-electron chi connectivity index (χ2n) is 6.97. The van der Waals surface area contributed by atoms with Crippen molar-refractivity contribution in [2.45, 2.75) is 53.1 Å². The van der Waals surface area contributed by atoms with Crippen LogP contribution in [0.1, 0.15) is 47.1 Å². The van der Waals surface area contributed by atoms with Crippen molar-refractivity contribution in [2.75, 3.05) is 6.61 Å². The number of hydrogen-bond donors (Lipinski definition) is 1. The van der Waals surface area contributed by atoms with Crippen LogP contribution in [0.2, 0.25) is 0 Å². The van der Waals surface area contributed by atoms with Gasteiger partial charge in [-0.25, -0.2) is 0 Å². The average molecular weight is 250 g/mol. The van der Waals surface area contributed by atoms with Crippen LogP contribution in [0.25, 0.3) is 0 Å². The molecule has 2 nitrogen and oxygen atoms in total. The van der Waals surface area contributed by atoms with E-state index in [2.05, 4.69) is 32.9 Å². The van der Waals surface area contributed by atoms with E-state index in [0.29, 0.717) is 6.61 Å². The van der Waals surface area contributed by atoms with Gasteiger partial charge in [0, 0.05) is 0 Å². The van der Waals surface area contributed by atoms with Gasteiger partial charge in [0.05, 0.1) is 6.10 Å². The number of rotatable bonds is 3. The fourth-order valence-electron chi connectivity index (χ4n) is 1.48. The Labute approximate surface area is 111 Å². The van der Waals surface area contributed by atoms with Gasteiger partial charge in [0.25, 0.3) is 0 Å². The van der Waals surface area contributed by atoms with Gasteiger partial charge in [-0.05, 0) is 28.5 Å². The molecule has 1 rings (SSSR count). The molecule has 2 heteroatoms.